The van der Waals surface area contributed by atoms with Gasteiger partial charge >= 0.3 is 0 Å². The lowest BCUT2D eigenvalue weighted by atomic mass is 9.93. The van der Waals surface area contributed by atoms with E-state index in [9.17, 15) is 9.59 Å². The van der Waals surface area contributed by atoms with Gasteiger partial charge in [0.1, 0.15) is 0 Å². The number of amides is 2. The second-order valence-corrected chi connectivity index (χ2v) is 8.22. The summed E-state index contributed by atoms with van der Waals surface area (Å²) in [4.78, 5) is 29.3. The molecule has 2 aliphatic heterocycles. The van der Waals surface area contributed by atoms with Crippen molar-refractivity contribution in [3.05, 3.63) is 35.9 Å². The van der Waals surface area contributed by atoms with E-state index in [1.807, 2.05) is 23.1 Å². The lowest BCUT2D eigenvalue weighted by molar-refractivity contribution is -0.133. The quantitative estimate of drug-likeness (QED) is 0.785. The van der Waals surface area contributed by atoms with Crippen LogP contribution >= 0.6 is 0 Å². The van der Waals surface area contributed by atoms with Crippen LogP contribution in [0.1, 0.15) is 51.0 Å². The average molecular weight is 386 g/mol. The summed E-state index contributed by atoms with van der Waals surface area (Å²) in [5.41, 5.74) is 1.26. The van der Waals surface area contributed by atoms with Crippen molar-refractivity contribution in [2.45, 2.75) is 57.9 Å². The fourth-order valence-electron chi connectivity index (χ4n) is 4.52. The Kier molecular flexibility index (Phi) is 7.90. The molecule has 5 heteroatoms. The first-order valence-corrected chi connectivity index (χ1v) is 11.0. The lowest BCUT2D eigenvalue weighted by Gasteiger charge is -2.42. The van der Waals surface area contributed by atoms with Crippen molar-refractivity contribution >= 4 is 11.8 Å². The number of hydrogen-bond donors (Lipinski definition) is 1. The summed E-state index contributed by atoms with van der Waals surface area (Å²) < 4.78 is 0. The average Bonchev–Trinajstić information content (AvgIpc) is 2.75. The molecule has 0 aliphatic carbocycles. The number of likely N-dealkylation sites (tertiary alicyclic amines) is 2. The highest BCUT2D eigenvalue weighted by atomic mass is 16.2. The van der Waals surface area contributed by atoms with E-state index in [1.54, 1.807) is 0 Å². The van der Waals surface area contributed by atoms with Crippen molar-refractivity contribution in [2.24, 2.45) is 5.92 Å². The van der Waals surface area contributed by atoms with Gasteiger partial charge in [0, 0.05) is 38.6 Å². The molecule has 154 valence electrons. The van der Waals surface area contributed by atoms with Gasteiger partial charge in [0.15, 0.2) is 0 Å². The van der Waals surface area contributed by atoms with E-state index < -0.39 is 0 Å². The van der Waals surface area contributed by atoms with E-state index in [4.69, 9.17) is 0 Å². The zero-order chi connectivity index (χ0) is 19.8. The van der Waals surface area contributed by atoms with Crippen LogP contribution in [0.15, 0.2) is 30.3 Å². The standard InChI is InChI=1S/C23H35N3O2/c1-2-7-22(27)25-16-12-21(13-17-25)26-15-6-10-20(18-26)23(28)24-14-11-19-8-4-3-5-9-19/h3-5,8-9,20-21H,2,6-7,10-18H2,1H3,(H,24,28). The summed E-state index contributed by atoms with van der Waals surface area (Å²) >= 11 is 0. The Morgan fingerprint density at radius 3 is 2.54 bits per heavy atom. The van der Waals surface area contributed by atoms with Gasteiger partial charge in [0.2, 0.25) is 11.8 Å². The van der Waals surface area contributed by atoms with E-state index in [0.717, 1.165) is 64.7 Å². The predicted molar refractivity (Wildman–Crippen MR) is 112 cm³/mol. The molecule has 1 unspecified atom stereocenters. The van der Waals surface area contributed by atoms with Crippen LogP contribution in [0.3, 0.4) is 0 Å². The molecule has 0 saturated carbocycles. The maximum Gasteiger partial charge on any atom is 0.224 e. The van der Waals surface area contributed by atoms with Crippen LogP contribution in [0.4, 0.5) is 0 Å². The van der Waals surface area contributed by atoms with Gasteiger partial charge in [0.05, 0.1) is 5.92 Å². The van der Waals surface area contributed by atoms with Gasteiger partial charge < -0.3 is 10.2 Å². The van der Waals surface area contributed by atoms with Gasteiger partial charge in [-0.25, -0.2) is 0 Å². The molecule has 2 fully saturated rings. The van der Waals surface area contributed by atoms with Crippen LogP contribution in [0.5, 0.6) is 0 Å². The Labute approximate surface area is 169 Å². The van der Waals surface area contributed by atoms with E-state index in [-0.39, 0.29) is 11.8 Å². The van der Waals surface area contributed by atoms with E-state index in [0.29, 0.717) is 24.9 Å². The van der Waals surface area contributed by atoms with Crippen molar-refractivity contribution in [3.8, 4) is 0 Å². The summed E-state index contributed by atoms with van der Waals surface area (Å²) in [6.45, 7) is 6.45. The van der Waals surface area contributed by atoms with Crippen molar-refractivity contribution in [1.29, 1.82) is 0 Å². The molecule has 2 saturated heterocycles. The van der Waals surface area contributed by atoms with Crippen molar-refractivity contribution in [2.75, 3.05) is 32.7 Å². The zero-order valence-corrected chi connectivity index (χ0v) is 17.2. The summed E-state index contributed by atoms with van der Waals surface area (Å²) in [7, 11) is 0. The first kappa shape index (κ1) is 20.8. The Morgan fingerprint density at radius 1 is 1.07 bits per heavy atom. The number of carbonyl (C=O) groups is 2. The third-order valence-corrected chi connectivity index (χ3v) is 6.18. The third-order valence-electron chi connectivity index (χ3n) is 6.18. The molecule has 1 N–H and O–H groups in total. The molecule has 28 heavy (non-hydrogen) atoms. The first-order chi connectivity index (χ1) is 13.7. The molecule has 0 aromatic heterocycles. The molecule has 0 bridgehead atoms. The topological polar surface area (TPSA) is 52.7 Å². The minimum Gasteiger partial charge on any atom is -0.355 e. The molecule has 0 spiro atoms. The predicted octanol–water partition coefficient (Wildman–Crippen LogP) is 2.85. The third kappa shape index (κ3) is 5.81. The minimum atomic E-state index is 0.101. The van der Waals surface area contributed by atoms with Gasteiger partial charge in [-0.3, -0.25) is 14.5 Å². The van der Waals surface area contributed by atoms with Crippen LogP contribution in [-0.2, 0) is 16.0 Å². The number of rotatable bonds is 7. The smallest absolute Gasteiger partial charge is 0.224 e. The van der Waals surface area contributed by atoms with Gasteiger partial charge in [-0.15, -0.1) is 0 Å². The molecule has 0 radical (unpaired) electrons. The molecule has 2 aliphatic rings. The second kappa shape index (κ2) is 10.6. The van der Waals surface area contributed by atoms with Gasteiger partial charge in [-0.2, -0.15) is 0 Å². The zero-order valence-electron chi connectivity index (χ0n) is 17.2. The Morgan fingerprint density at radius 2 is 1.82 bits per heavy atom. The minimum absolute atomic E-state index is 0.101. The van der Waals surface area contributed by atoms with Crippen LogP contribution in [0.25, 0.3) is 0 Å². The van der Waals surface area contributed by atoms with E-state index >= 15 is 0 Å². The summed E-state index contributed by atoms with van der Waals surface area (Å²) in [5, 5.41) is 3.14. The lowest BCUT2D eigenvalue weighted by Crippen LogP contribution is -2.51. The Bertz CT molecular complexity index is 626. The normalized spacial score (nSPS) is 21.5. The molecule has 2 amide bonds. The highest BCUT2D eigenvalue weighted by Gasteiger charge is 2.32. The van der Waals surface area contributed by atoms with Crippen LogP contribution in [0.2, 0.25) is 0 Å². The van der Waals surface area contributed by atoms with Crippen molar-refractivity contribution < 1.29 is 9.59 Å². The number of hydrogen-bond acceptors (Lipinski definition) is 3. The second-order valence-electron chi connectivity index (χ2n) is 8.22. The summed E-state index contributed by atoms with van der Waals surface area (Å²) in [6, 6.07) is 10.8. The molecular formula is C23H35N3O2. The van der Waals surface area contributed by atoms with Gasteiger partial charge in [-0.1, -0.05) is 37.3 Å². The SMILES string of the molecule is CCCC(=O)N1CCC(N2CCCC(C(=O)NCCc3ccccc3)C2)CC1. The molecule has 5 nitrogen and oxygen atoms in total. The van der Waals surface area contributed by atoms with Crippen molar-refractivity contribution in [3.63, 3.8) is 0 Å². The number of benzene rings is 1. The fraction of sp³-hybridized carbons (Fsp3) is 0.652. The molecule has 2 heterocycles. The number of nitrogens with zero attached hydrogens (tertiary/aromatic N) is 2. The summed E-state index contributed by atoms with van der Waals surface area (Å²) in [5.74, 6) is 0.607. The molecule has 1 aromatic carbocycles. The largest absolute Gasteiger partial charge is 0.355 e. The van der Waals surface area contributed by atoms with Crippen LogP contribution in [0, 0.1) is 5.92 Å². The number of piperidine rings is 2. The first-order valence-electron chi connectivity index (χ1n) is 11.0. The van der Waals surface area contributed by atoms with Crippen molar-refractivity contribution in [1.82, 2.24) is 15.1 Å². The number of carbonyl (C=O) groups excluding carboxylic acids is 2. The van der Waals surface area contributed by atoms with E-state index in [1.165, 1.54) is 5.56 Å². The fourth-order valence-corrected chi connectivity index (χ4v) is 4.52. The summed E-state index contributed by atoms with van der Waals surface area (Å²) in [6.07, 6.45) is 6.63. The van der Waals surface area contributed by atoms with Gasteiger partial charge in [0.25, 0.3) is 0 Å². The maximum absolute atomic E-state index is 12.6. The maximum atomic E-state index is 12.6. The van der Waals surface area contributed by atoms with E-state index in [2.05, 4.69) is 29.3 Å². The monoisotopic (exact) mass is 385 g/mol. The molecule has 3 rings (SSSR count). The number of nitrogens with one attached hydrogen (secondary N) is 1. The molecular weight excluding hydrogens is 350 g/mol. The highest BCUT2D eigenvalue weighted by molar-refractivity contribution is 5.79. The highest BCUT2D eigenvalue weighted by Crippen LogP contribution is 2.24. The van der Waals surface area contributed by atoms with Crippen LogP contribution in [-0.4, -0.2) is 60.4 Å². The Hall–Kier alpha value is -1.88. The van der Waals surface area contributed by atoms with Gasteiger partial charge in [-0.05, 0) is 50.6 Å². The molecule has 1 aromatic rings. The Balaban J connectivity index is 1.41. The van der Waals surface area contributed by atoms with Crippen LogP contribution < -0.4 is 5.32 Å². The molecule has 1 atom stereocenters.